The van der Waals surface area contributed by atoms with Crippen LogP contribution in [0, 0.1) is 6.92 Å². The van der Waals surface area contributed by atoms with E-state index in [1.54, 1.807) is 32.2 Å². The predicted molar refractivity (Wildman–Crippen MR) is 74.3 cm³/mol. The van der Waals surface area contributed by atoms with E-state index in [1.165, 1.54) is 12.0 Å². The maximum Gasteiger partial charge on any atom is 0.257 e. The van der Waals surface area contributed by atoms with Crippen molar-refractivity contribution in [1.29, 1.82) is 0 Å². The van der Waals surface area contributed by atoms with Gasteiger partial charge in [-0.15, -0.1) is 0 Å². The number of amides is 1. The molecule has 0 saturated carbocycles. The number of aryl methyl sites for hydroxylation is 1. The normalized spacial score (nSPS) is 10.3. The summed E-state index contributed by atoms with van der Waals surface area (Å²) in [6, 6.07) is 4.94. The fraction of sp³-hybridized carbons (Fsp3) is 0.308. The van der Waals surface area contributed by atoms with Crippen LogP contribution in [-0.4, -0.2) is 40.1 Å². The van der Waals surface area contributed by atoms with Crippen molar-refractivity contribution in [2.24, 2.45) is 0 Å². The second-order valence-corrected chi connectivity index (χ2v) is 4.46. The monoisotopic (exact) mass is 275 g/mol. The number of aromatic amines is 1. The first-order valence-corrected chi connectivity index (χ1v) is 6.08. The lowest BCUT2D eigenvalue weighted by Crippen LogP contribution is -2.27. The zero-order chi connectivity index (χ0) is 14.7. The van der Waals surface area contributed by atoms with Crippen molar-refractivity contribution >= 4 is 11.6 Å². The summed E-state index contributed by atoms with van der Waals surface area (Å²) in [6.45, 7) is 2.12. The average Bonchev–Trinajstić information content (AvgIpc) is 2.83. The molecule has 0 radical (unpaired) electrons. The number of methoxy groups -OCH3 is 1. The summed E-state index contributed by atoms with van der Waals surface area (Å²) in [5, 5.41) is 6.75. The van der Waals surface area contributed by atoms with Crippen molar-refractivity contribution in [3.8, 4) is 5.75 Å². The number of carbonyl (C=O) groups is 1. The molecule has 0 bridgehead atoms. The third-order valence-electron chi connectivity index (χ3n) is 2.82. The Labute approximate surface area is 116 Å². The summed E-state index contributed by atoms with van der Waals surface area (Å²) in [7, 11) is 3.19. The molecule has 0 aliphatic rings. The Kier molecular flexibility index (Phi) is 3.88. The maximum absolute atomic E-state index is 12.4. The molecule has 3 N–H and O–H groups in total. The van der Waals surface area contributed by atoms with Crippen LogP contribution >= 0.6 is 0 Å². The molecule has 1 amide bonds. The quantitative estimate of drug-likeness (QED) is 0.810. The third-order valence-corrected chi connectivity index (χ3v) is 2.82. The van der Waals surface area contributed by atoms with Gasteiger partial charge < -0.3 is 15.4 Å². The van der Waals surface area contributed by atoms with E-state index in [1.807, 2.05) is 0 Å². The molecule has 0 atom stereocenters. The Hall–Kier alpha value is -2.57. The van der Waals surface area contributed by atoms with Crippen LogP contribution in [-0.2, 0) is 6.54 Å². The minimum Gasteiger partial charge on any atom is -0.496 e. The van der Waals surface area contributed by atoms with Crippen molar-refractivity contribution in [1.82, 2.24) is 20.1 Å². The smallest absolute Gasteiger partial charge is 0.257 e. The highest BCUT2D eigenvalue weighted by Gasteiger charge is 2.18. The highest BCUT2D eigenvalue weighted by Crippen LogP contribution is 2.23. The van der Waals surface area contributed by atoms with Gasteiger partial charge >= 0.3 is 0 Å². The predicted octanol–water partition coefficient (Wildman–Crippen LogP) is 0.976. The molecule has 20 heavy (non-hydrogen) atoms. The highest BCUT2D eigenvalue weighted by molar-refractivity contribution is 5.97. The lowest BCUT2D eigenvalue weighted by atomic mass is 10.1. The molecule has 1 aromatic heterocycles. The van der Waals surface area contributed by atoms with E-state index in [2.05, 4.69) is 15.2 Å². The lowest BCUT2D eigenvalue weighted by molar-refractivity contribution is 0.0778. The number of H-pyrrole nitrogens is 1. The number of benzene rings is 1. The Balaban J connectivity index is 2.18. The van der Waals surface area contributed by atoms with E-state index in [4.69, 9.17) is 10.5 Å². The maximum atomic E-state index is 12.4. The fourth-order valence-electron chi connectivity index (χ4n) is 1.83. The Bertz CT molecular complexity index is 623. The number of carbonyl (C=O) groups excluding carboxylic acids is 1. The molecule has 0 aliphatic carbocycles. The Morgan fingerprint density at radius 3 is 2.85 bits per heavy atom. The van der Waals surface area contributed by atoms with Crippen LogP contribution in [0.1, 0.15) is 22.0 Å². The molecule has 0 spiro atoms. The number of nitrogens with two attached hydrogens (primary N) is 1. The standard InChI is InChI=1S/C13H17N5O2/c1-8-15-12(17-16-8)7-18(2)13(19)10-5-4-9(14)6-11(10)20-3/h4-6H,7,14H2,1-3H3,(H,15,16,17). The summed E-state index contributed by atoms with van der Waals surface area (Å²) in [4.78, 5) is 18.1. The summed E-state index contributed by atoms with van der Waals surface area (Å²) >= 11 is 0. The highest BCUT2D eigenvalue weighted by atomic mass is 16.5. The molecule has 2 aromatic rings. The van der Waals surface area contributed by atoms with Gasteiger partial charge in [-0.2, -0.15) is 5.10 Å². The second-order valence-electron chi connectivity index (χ2n) is 4.46. The topological polar surface area (TPSA) is 97.1 Å². The molecular formula is C13H17N5O2. The van der Waals surface area contributed by atoms with Gasteiger partial charge in [-0.25, -0.2) is 4.98 Å². The molecule has 0 saturated heterocycles. The van der Waals surface area contributed by atoms with Crippen LogP contribution in [0.25, 0.3) is 0 Å². The Morgan fingerprint density at radius 2 is 2.25 bits per heavy atom. The van der Waals surface area contributed by atoms with E-state index < -0.39 is 0 Å². The van der Waals surface area contributed by atoms with Crippen molar-refractivity contribution < 1.29 is 9.53 Å². The number of hydrogen-bond acceptors (Lipinski definition) is 5. The fourth-order valence-corrected chi connectivity index (χ4v) is 1.83. The van der Waals surface area contributed by atoms with Crippen LogP contribution in [0.2, 0.25) is 0 Å². The third kappa shape index (κ3) is 2.87. The number of hydrogen-bond donors (Lipinski definition) is 2. The van der Waals surface area contributed by atoms with Gasteiger partial charge in [0, 0.05) is 18.8 Å². The molecular weight excluding hydrogens is 258 g/mol. The average molecular weight is 275 g/mol. The number of aromatic nitrogens is 3. The van der Waals surface area contributed by atoms with Crippen LogP contribution in [0.4, 0.5) is 5.69 Å². The van der Waals surface area contributed by atoms with Crippen molar-refractivity contribution in [2.75, 3.05) is 19.9 Å². The number of anilines is 1. The van der Waals surface area contributed by atoms with Crippen LogP contribution in [0.15, 0.2) is 18.2 Å². The van der Waals surface area contributed by atoms with Gasteiger partial charge in [-0.3, -0.25) is 9.89 Å². The molecule has 2 rings (SSSR count). The molecule has 1 aromatic carbocycles. The molecule has 0 fully saturated rings. The van der Waals surface area contributed by atoms with E-state index in [9.17, 15) is 4.79 Å². The largest absolute Gasteiger partial charge is 0.496 e. The zero-order valence-electron chi connectivity index (χ0n) is 11.7. The minimum absolute atomic E-state index is 0.177. The van der Waals surface area contributed by atoms with E-state index >= 15 is 0 Å². The summed E-state index contributed by atoms with van der Waals surface area (Å²) in [5.41, 5.74) is 6.68. The number of nitrogen functional groups attached to an aromatic ring is 1. The van der Waals surface area contributed by atoms with E-state index in [0.717, 1.165) is 0 Å². The van der Waals surface area contributed by atoms with Gasteiger partial charge in [0.2, 0.25) is 0 Å². The summed E-state index contributed by atoms with van der Waals surface area (Å²) < 4.78 is 5.19. The van der Waals surface area contributed by atoms with Gasteiger partial charge in [0.15, 0.2) is 5.82 Å². The molecule has 7 nitrogen and oxygen atoms in total. The van der Waals surface area contributed by atoms with Crippen molar-refractivity contribution in [3.63, 3.8) is 0 Å². The molecule has 7 heteroatoms. The van der Waals surface area contributed by atoms with Crippen LogP contribution in [0.5, 0.6) is 5.75 Å². The molecule has 1 heterocycles. The van der Waals surface area contributed by atoms with E-state index in [-0.39, 0.29) is 5.91 Å². The van der Waals surface area contributed by atoms with Gasteiger partial charge in [-0.05, 0) is 19.1 Å². The van der Waals surface area contributed by atoms with Gasteiger partial charge in [0.1, 0.15) is 11.6 Å². The summed E-state index contributed by atoms with van der Waals surface area (Å²) in [5.74, 6) is 1.55. The molecule has 106 valence electrons. The van der Waals surface area contributed by atoms with Crippen molar-refractivity contribution in [3.05, 3.63) is 35.4 Å². The first-order chi connectivity index (χ1) is 9.51. The zero-order valence-corrected chi connectivity index (χ0v) is 11.7. The number of nitrogens with one attached hydrogen (secondary N) is 1. The minimum atomic E-state index is -0.177. The number of ether oxygens (including phenoxy) is 1. The first-order valence-electron chi connectivity index (χ1n) is 6.08. The van der Waals surface area contributed by atoms with Gasteiger partial charge in [0.05, 0.1) is 19.2 Å². The lowest BCUT2D eigenvalue weighted by Gasteiger charge is -2.17. The van der Waals surface area contributed by atoms with Gasteiger partial charge in [0.25, 0.3) is 5.91 Å². The first kappa shape index (κ1) is 13.9. The molecule has 0 unspecified atom stereocenters. The van der Waals surface area contributed by atoms with E-state index in [0.29, 0.717) is 35.2 Å². The van der Waals surface area contributed by atoms with Crippen LogP contribution < -0.4 is 10.5 Å². The SMILES string of the molecule is COc1cc(N)ccc1C(=O)N(C)Cc1n[nH]c(C)n1. The number of rotatable bonds is 4. The molecule has 0 aliphatic heterocycles. The summed E-state index contributed by atoms with van der Waals surface area (Å²) in [6.07, 6.45) is 0. The second kappa shape index (κ2) is 5.60. The van der Waals surface area contributed by atoms with Crippen molar-refractivity contribution in [2.45, 2.75) is 13.5 Å². The Morgan fingerprint density at radius 1 is 1.50 bits per heavy atom. The number of nitrogens with zero attached hydrogens (tertiary/aromatic N) is 3. The van der Waals surface area contributed by atoms with Gasteiger partial charge in [-0.1, -0.05) is 0 Å². The van der Waals surface area contributed by atoms with Crippen LogP contribution in [0.3, 0.4) is 0 Å².